The lowest BCUT2D eigenvalue weighted by atomic mass is 9.96. The van der Waals surface area contributed by atoms with E-state index in [4.69, 9.17) is 0 Å². The second-order valence-electron chi connectivity index (χ2n) is 7.00. The molecule has 6 nitrogen and oxygen atoms in total. The molecule has 0 saturated heterocycles. The Morgan fingerprint density at radius 3 is 2.74 bits per heavy atom. The number of rotatable bonds is 3. The number of carbonyl (C=O) groups is 2. The van der Waals surface area contributed by atoms with Gasteiger partial charge in [0.2, 0.25) is 11.8 Å². The van der Waals surface area contributed by atoms with Gasteiger partial charge in [0.1, 0.15) is 5.54 Å². The van der Waals surface area contributed by atoms with Gasteiger partial charge < -0.3 is 5.32 Å². The predicted octanol–water partition coefficient (Wildman–Crippen LogP) is 3.58. The van der Waals surface area contributed by atoms with Crippen molar-refractivity contribution in [2.75, 3.05) is 10.2 Å². The fraction of sp³-hybridized carbons (Fsp3) is 0.250. The number of hydrogen-bond acceptors (Lipinski definition) is 4. The van der Waals surface area contributed by atoms with E-state index in [2.05, 4.69) is 10.3 Å². The third-order valence-corrected chi connectivity index (χ3v) is 5.83. The highest BCUT2D eigenvalue weighted by molar-refractivity contribution is 8.00. The van der Waals surface area contributed by atoms with Gasteiger partial charge >= 0.3 is 0 Å². The summed E-state index contributed by atoms with van der Waals surface area (Å²) in [6, 6.07) is 13.2. The first-order chi connectivity index (χ1) is 12.9. The summed E-state index contributed by atoms with van der Waals surface area (Å²) in [5.41, 5.74) is 1.36. The van der Waals surface area contributed by atoms with E-state index in [0.717, 1.165) is 10.7 Å². The largest absolute Gasteiger partial charge is 0.322 e. The summed E-state index contributed by atoms with van der Waals surface area (Å²) in [7, 11) is 0. The summed E-state index contributed by atoms with van der Waals surface area (Å²) in [5.74, 6) is -0.321. The number of anilines is 2. The molecule has 4 rings (SSSR count). The monoisotopic (exact) mass is 380 g/mol. The van der Waals surface area contributed by atoms with Crippen LogP contribution >= 0.6 is 11.8 Å². The molecule has 1 atom stereocenters. The molecule has 1 unspecified atom stereocenters. The van der Waals surface area contributed by atoms with Gasteiger partial charge in [0.25, 0.3) is 0 Å². The van der Waals surface area contributed by atoms with Gasteiger partial charge in [-0.15, -0.1) is 0 Å². The van der Waals surface area contributed by atoms with Crippen molar-refractivity contribution in [1.29, 1.82) is 0 Å². The maximum atomic E-state index is 13.4. The van der Waals surface area contributed by atoms with Crippen molar-refractivity contribution in [3.63, 3.8) is 0 Å². The SMILES string of the molecule is CC(Sc1ncc2ccccn12)C(=O)N1c2ccccc2NC(=O)C1(C)C. The van der Waals surface area contributed by atoms with Crippen molar-refractivity contribution in [1.82, 2.24) is 9.38 Å². The number of para-hydroxylation sites is 2. The normalized spacial score (nSPS) is 16.7. The average molecular weight is 380 g/mol. The van der Waals surface area contributed by atoms with Gasteiger partial charge in [-0.3, -0.25) is 18.9 Å². The molecule has 0 bridgehead atoms. The lowest BCUT2D eigenvalue weighted by Crippen LogP contribution is -2.60. The van der Waals surface area contributed by atoms with Gasteiger partial charge in [0.05, 0.1) is 28.3 Å². The number of imidazole rings is 1. The number of thioether (sulfide) groups is 1. The average Bonchev–Trinajstić information content (AvgIpc) is 3.05. The van der Waals surface area contributed by atoms with Crippen molar-refractivity contribution < 1.29 is 9.59 Å². The predicted molar refractivity (Wildman–Crippen MR) is 107 cm³/mol. The smallest absolute Gasteiger partial charge is 0.250 e. The Hall–Kier alpha value is -2.80. The number of aromatic nitrogens is 2. The van der Waals surface area contributed by atoms with Crippen molar-refractivity contribution in [2.24, 2.45) is 0 Å². The van der Waals surface area contributed by atoms with Crippen molar-refractivity contribution in [2.45, 2.75) is 36.7 Å². The molecule has 1 aliphatic heterocycles. The van der Waals surface area contributed by atoms with Crippen LogP contribution in [0.25, 0.3) is 5.52 Å². The fourth-order valence-corrected chi connectivity index (χ4v) is 4.16. The molecule has 2 amide bonds. The second-order valence-corrected chi connectivity index (χ2v) is 8.31. The van der Waals surface area contributed by atoms with E-state index in [9.17, 15) is 9.59 Å². The Balaban J connectivity index is 1.67. The number of fused-ring (bicyclic) bond motifs is 2. The zero-order valence-electron chi connectivity index (χ0n) is 15.3. The highest BCUT2D eigenvalue weighted by Gasteiger charge is 2.44. The standard InChI is InChI=1S/C20H20N4O2S/c1-13(27-19-21-12-14-8-6-7-11-23(14)19)17(25)24-16-10-5-4-9-15(16)22-18(26)20(24,2)3/h4-13H,1-3H3,(H,22,26). The molecule has 138 valence electrons. The minimum Gasteiger partial charge on any atom is -0.322 e. The third-order valence-electron chi connectivity index (χ3n) is 4.76. The van der Waals surface area contributed by atoms with Crippen LogP contribution in [0.4, 0.5) is 11.4 Å². The van der Waals surface area contributed by atoms with Crippen molar-refractivity contribution in [3.8, 4) is 0 Å². The number of nitrogens with zero attached hydrogens (tertiary/aromatic N) is 3. The van der Waals surface area contributed by atoms with E-state index in [1.165, 1.54) is 11.8 Å². The van der Waals surface area contributed by atoms with Crippen LogP contribution in [0.2, 0.25) is 0 Å². The molecule has 0 fully saturated rings. The number of hydrogen-bond donors (Lipinski definition) is 1. The summed E-state index contributed by atoms with van der Waals surface area (Å²) >= 11 is 1.39. The van der Waals surface area contributed by atoms with Crippen LogP contribution in [-0.2, 0) is 9.59 Å². The Morgan fingerprint density at radius 2 is 1.93 bits per heavy atom. The molecule has 1 aliphatic rings. The Labute approximate surface area is 161 Å². The Morgan fingerprint density at radius 1 is 1.19 bits per heavy atom. The van der Waals surface area contributed by atoms with Crippen LogP contribution in [0.3, 0.4) is 0 Å². The maximum absolute atomic E-state index is 13.4. The summed E-state index contributed by atoms with van der Waals surface area (Å²) < 4.78 is 1.95. The number of pyridine rings is 1. The summed E-state index contributed by atoms with van der Waals surface area (Å²) in [6.45, 7) is 5.37. The van der Waals surface area contributed by atoms with Crippen LogP contribution < -0.4 is 10.2 Å². The van der Waals surface area contributed by atoms with E-state index in [1.54, 1.807) is 24.9 Å². The molecule has 2 aromatic heterocycles. The van der Waals surface area contributed by atoms with E-state index in [0.29, 0.717) is 11.4 Å². The molecule has 27 heavy (non-hydrogen) atoms. The van der Waals surface area contributed by atoms with Gasteiger partial charge in [-0.05, 0) is 45.0 Å². The topological polar surface area (TPSA) is 66.7 Å². The second kappa shape index (κ2) is 6.42. The Kier molecular flexibility index (Phi) is 4.19. The van der Waals surface area contributed by atoms with Gasteiger partial charge in [-0.1, -0.05) is 30.0 Å². The zero-order valence-corrected chi connectivity index (χ0v) is 16.2. The van der Waals surface area contributed by atoms with Crippen LogP contribution in [-0.4, -0.2) is 32.0 Å². The van der Waals surface area contributed by atoms with Crippen molar-refractivity contribution in [3.05, 3.63) is 54.9 Å². The van der Waals surface area contributed by atoms with E-state index < -0.39 is 10.8 Å². The van der Waals surface area contributed by atoms with Gasteiger partial charge in [0.15, 0.2) is 5.16 Å². The molecule has 0 radical (unpaired) electrons. The molecule has 1 N–H and O–H groups in total. The third kappa shape index (κ3) is 2.88. The molecule has 3 aromatic rings. The maximum Gasteiger partial charge on any atom is 0.250 e. The van der Waals surface area contributed by atoms with Gasteiger partial charge in [-0.2, -0.15) is 0 Å². The number of carbonyl (C=O) groups excluding carboxylic acids is 2. The molecular formula is C20H20N4O2S. The highest BCUT2D eigenvalue weighted by Crippen LogP contribution is 2.38. The molecule has 3 heterocycles. The zero-order chi connectivity index (χ0) is 19.2. The highest BCUT2D eigenvalue weighted by atomic mass is 32.2. The summed E-state index contributed by atoms with van der Waals surface area (Å²) in [6.07, 6.45) is 3.71. The molecule has 7 heteroatoms. The van der Waals surface area contributed by atoms with Crippen LogP contribution in [0.15, 0.2) is 60.0 Å². The lowest BCUT2D eigenvalue weighted by molar-refractivity contribution is -0.126. The number of amides is 2. The first kappa shape index (κ1) is 17.6. The van der Waals surface area contributed by atoms with Crippen LogP contribution in [0, 0.1) is 0 Å². The first-order valence-electron chi connectivity index (χ1n) is 8.73. The quantitative estimate of drug-likeness (QED) is 0.706. The van der Waals surface area contributed by atoms with Crippen molar-refractivity contribution >= 4 is 40.5 Å². The number of benzene rings is 1. The summed E-state index contributed by atoms with van der Waals surface area (Å²) in [5, 5.41) is 3.23. The van der Waals surface area contributed by atoms with Gasteiger partial charge in [0, 0.05) is 6.20 Å². The molecular weight excluding hydrogens is 360 g/mol. The van der Waals surface area contributed by atoms with E-state index in [1.807, 2.05) is 60.0 Å². The minimum absolute atomic E-state index is 0.125. The summed E-state index contributed by atoms with van der Waals surface area (Å²) in [4.78, 5) is 32.0. The lowest BCUT2D eigenvalue weighted by Gasteiger charge is -2.43. The molecule has 0 saturated carbocycles. The van der Waals surface area contributed by atoms with E-state index >= 15 is 0 Å². The van der Waals surface area contributed by atoms with Gasteiger partial charge in [-0.25, -0.2) is 4.98 Å². The first-order valence-corrected chi connectivity index (χ1v) is 9.61. The van der Waals surface area contributed by atoms with Crippen LogP contribution in [0.1, 0.15) is 20.8 Å². The van der Waals surface area contributed by atoms with Crippen LogP contribution in [0.5, 0.6) is 0 Å². The molecule has 0 spiro atoms. The molecule has 1 aromatic carbocycles. The Bertz CT molecular complexity index is 1040. The minimum atomic E-state index is -0.977. The molecule has 0 aliphatic carbocycles. The number of nitrogens with one attached hydrogen (secondary N) is 1. The fourth-order valence-electron chi connectivity index (χ4n) is 3.24. The van der Waals surface area contributed by atoms with E-state index in [-0.39, 0.29) is 11.8 Å².